The summed E-state index contributed by atoms with van der Waals surface area (Å²) in [7, 11) is 0. The number of aryl methyl sites for hydroxylation is 1. The van der Waals surface area contributed by atoms with Gasteiger partial charge in [0, 0.05) is 5.56 Å². The lowest BCUT2D eigenvalue weighted by Gasteiger charge is -2.10. The fourth-order valence-corrected chi connectivity index (χ4v) is 1.38. The van der Waals surface area contributed by atoms with E-state index < -0.39 is 28.8 Å². The fourth-order valence-electron chi connectivity index (χ4n) is 1.38. The maximum atomic E-state index is 12.2. The van der Waals surface area contributed by atoms with Gasteiger partial charge in [0.25, 0.3) is 0 Å². The van der Waals surface area contributed by atoms with Crippen LogP contribution < -0.4 is 4.74 Å². The van der Waals surface area contributed by atoms with Crippen molar-refractivity contribution in [3.8, 4) is 5.75 Å². The highest BCUT2D eigenvalue weighted by Gasteiger charge is 2.26. The molecular formula is C10H9F2NO4. The van der Waals surface area contributed by atoms with E-state index in [1.54, 1.807) is 0 Å². The predicted octanol–water partition coefficient (Wildman–Crippen LogP) is 2.71. The molecule has 1 aromatic carbocycles. The number of Topliss-reactive ketones (excluding diaryl/α,β-unsaturated/α-hetero) is 1. The molecular weight excluding hydrogens is 236 g/mol. The summed E-state index contributed by atoms with van der Waals surface area (Å²) in [5.41, 5.74) is -0.698. The van der Waals surface area contributed by atoms with E-state index in [-0.39, 0.29) is 11.1 Å². The number of nitro benzene ring substituents is 1. The summed E-state index contributed by atoms with van der Waals surface area (Å²) >= 11 is 0. The zero-order valence-electron chi connectivity index (χ0n) is 9.07. The van der Waals surface area contributed by atoms with Gasteiger partial charge in [0.1, 0.15) is 0 Å². The second kappa shape index (κ2) is 4.86. The summed E-state index contributed by atoms with van der Waals surface area (Å²) in [6.45, 7) is -0.735. The third kappa shape index (κ3) is 2.74. The third-order valence-corrected chi connectivity index (χ3v) is 2.10. The summed E-state index contributed by atoms with van der Waals surface area (Å²) in [6.07, 6.45) is 0. The maximum absolute atomic E-state index is 12.2. The molecule has 0 aliphatic rings. The van der Waals surface area contributed by atoms with Crippen molar-refractivity contribution in [3.63, 3.8) is 0 Å². The first-order valence-electron chi connectivity index (χ1n) is 4.58. The highest BCUT2D eigenvalue weighted by atomic mass is 19.3. The van der Waals surface area contributed by atoms with Crippen LogP contribution in [0, 0.1) is 17.0 Å². The summed E-state index contributed by atoms with van der Waals surface area (Å²) < 4.78 is 28.4. The van der Waals surface area contributed by atoms with E-state index in [0.29, 0.717) is 0 Å². The second-order valence-electron chi connectivity index (χ2n) is 3.30. The van der Waals surface area contributed by atoms with Gasteiger partial charge in [-0.1, -0.05) is 6.07 Å². The highest BCUT2D eigenvalue weighted by Crippen LogP contribution is 2.35. The third-order valence-electron chi connectivity index (χ3n) is 2.10. The first-order valence-corrected chi connectivity index (χ1v) is 4.58. The van der Waals surface area contributed by atoms with Gasteiger partial charge in [-0.15, -0.1) is 0 Å². The van der Waals surface area contributed by atoms with Crippen LogP contribution in [0.2, 0.25) is 0 Å². The van der Waals surface area contributed by atoms with Crippen molar-refractivity contribution in [2.75, 3.05) is 0 Å². The number of halogens is 2. The van der Waals surface area contributed by atoms with Crippen molar-refractivity contribution in [1.82, 2.24) is 0 Å². The molecule has 0 saturated carbocycles. The molecule has 1 aromatic rings. The molecule has 0 radical (unpaired) electrons. The number of alkyl halides is 2. The van der Waals surface area contributed by atoms with Crippen molar-refractivity contribution in [3.05, 3.63) is 33.4 Å². The molecule has 0 atom stereocenters. The molecule has 92 valence electrons. The normalized spacial score (nSPS) is 10.4. The Morgan fingerprint density at radius 2 is 2.06 bits per heavy atom. The van der Waals surface area contributed by atoms with E-state index in [4.69, 9.17) is 0 Å². The SMILES string of the molecule is CC(=O)c1ccc(C)c([N+](=O)[O-])c1OC(F)F. The van der Waals surface area contributed by atoms with Crippen molar-refractivity contribution in [1.29, 1.82) is 0 Å². The first kappa shape index (κ1) is 13.0. The van der Waals surface area contributed by atoms with Crippen molar-refractivity contribution in [2.24, 2.45) is 0 Å². The monoisotopic (exact) mass is 245 g/mol. The summed E-state index contributed by atoms with van der Waals surface area (Å²) in [5, 5.41) is 10.8. The number of carbonyl (C=O) groups excluding carboxylic acids is 1. The Morgan fingerprint density at radius 3 is 2.47 bits per heavy atom. The van der Waals surface area contributed by atoms with Gasteiger partial charge < -0.3 is 4.74 Å². The van der Waals surface area contributed by atoms with Crippen LogP contribution in [0.1, 0.15) is 22.8 Å². The molecule has 7 heteroatoms. The van der Waals surface area contributed by atoms with Gasteiger partial charge in [0.05, 0.1) is 10.5 Å². The molecule has 0 aromatic heterocycles. The van der Waals surface area contributed by atoms with Crippen LogP contribution in [-0.4, -0.2) is 17.3 Å². The van der Waals surface area contributed by atoms with E-state index in [1.165, 1.54) is 19.1 Å². The zero-order valence-corrected chi connectivity index (χ0v) is 9.07. The Morgan fingerprint density at radius 1 is 1.47 bits per heavy atom. The van der Waals surface area contributed by atoms with Gasteiger partial charge >= 0.3 is 12.3 Å². The van der Waals surface area contributed by atoms with Crippen LogP contribution in [0.5, 0.6) is 5.75 Å². The van der Waals surface area contributed by atoms with E-state index in [0.717, 1.165) is 6.92 Å². The van der Waals surface area contributed by atoms with E-state index in [2.05, 4.69) is 4.74 Å². The lowest BCUT2D eigenvalue weighted by Crippen LogP contribution is -2.09. The molecule has 0 saturated heterocycles. The number of rotatable bonds is 4. The number of benzene rings is 1. The minimum Gasteiger partial charge on any atom is -0.427 e. The highest BCUT2D eigenvalue weighted by molar-refractivity contribution is 5.98. The molecule has 0 spiro atoms. The lowest BCUT2D eigenvalue weighted by atomic mass is 10.1. The summed E-state index contributed by atoms with van der Waals surface area (Å²) in [4.78, 5) is 21.1. The van der Waals surface area contributed by atoms with Crippen LogP contribution in [0.4, 0.5) is 14.5 Å². The Bertz CT molecular complexity index is 474. The number of hydrogen-bond donors (Lipinski definition) is 0. The van der Waals surface area contributed by atoms with Crippen LogP contribution >= 0.6 is 0 Å². The Labute approximate surface area is 95.2 Å². The van der Waals surface area contributed by atoms with Gasteiger partial charge in [0.15, 0.2) is 5.78 Å². The maximum Gasteiger partial charge on any atom is 0.387 e. The van der Waals surface area contributed by atoms with Crippen molar-refractivity contribution < 1.29 is 23.2 Å². The summed E-state index contributed by atoms with van der Waals surface area (Å²) in [5.74, 6) is -1.26. The number of nitrogens with zero attached hydrogens (tertiary/aromatic N) is 1. The molecule has 1 rings (SSSR count). The number of hydrogen-bond acceptors (Lipinski definition) is 4. The Balaban J connectivity index is 3.49. The topological polar surface area (TPSA) is 69.4 Å². The quantitative estimate of drug-likeness (QED) is 0.464. The number of carbonyl (C=O) groups is 1. The van der Waals surface area contributed by atoms with E-state index in [9.17, 15) is 23.7 Å². The van der Waals surface area contributed by atoms with E-state index >= 15 is 0 Å². The first-order chi connectivity index (χ1) is 7.84. The molecule has 0 heterocycles. The zero-order chi connectivity index (χ0) is 13.2. The Hall–Kier alpha value is -2.05. The molecule has 0 aliphatic carbocycles. The van der Waals surface area contributed by atoms with Crippen LogP contribution in [-0.2, 0) is 0 Å². The number of nitro groups is 1. The molecule has 0 unspecified atom stereocenters. The van der Waals surface area contributed by atoms with Gasteiger partial charge in [-0.3, -0.25) is 14.9 Å². The van der Waals surface area contributed by atoms with Gasteiger partial charge in [0.2, 0.25) is 5.75 Å². The van der Waals surface area contributed by atoms with Crippen LogP contribution in [0.25, 0.3) is 0 Å². The van der Waals surface area contributed by atoms with Gasteiger partial charge in [-0.25, -0.2) is 0 Å². The van der Waals surface area contributed by atoms with Gasteiger partial charge in [-0.2, -0.15) is 8.78 Å². The molecule has 0 N–H and O–H groups in total. The lowest BCUT2D eigenvalue weighted by molar-refractivity contribution is -0.387. The molecule has 0 amide bonds. The Kier molecular flexibility index (Phi) is 3.72. The largest absolute Gasteiger partial charge is 0.427 e. The average molecular weight is 245 g/mol. The molecule has 0 aliphatic heterocycles. The van der Waals surface area contributed by atoms with Crippen molar-refractivity contribution >= 4 is 11.5 Å². The minimum absolute atomic E-state index is 0.149. The summed E-state index contributed by atoms with van der Waals surface area (Å²) in [6, 6.07) is 2.54. The number of ketones is 1. The smallest absolute Gasteiger partial charge is 0.387 e. The standard InChI is InChI=1S/C10H9F2NO4/c1-5-3-4-7(6(2)14)9(17-10(11)12)8(5)13(15)16/h3-4,10H,1-2H3. The van der Waals surface area contributed by atoms with Crippen LogP contribution in [0.15, 0.2) is 12.1 Å². The fraction of sp³-hybridized carbons (Fsp3) is 0.300. The molecule has 17 heavy (non-hydrogen) atoms. The predicted molar refractivity (Wildman–Crippen MR) is 54.5 cm³/mol. The number of ether oxygens (including phenoxy) is 1. The van der Waals surface area contributed by atoms with Crippen molar-refractivity contribution in [2.45, 2.75) is 20.5 Å². The second-order valence-corrected chi connectivity index (χ2v) is 3.30. The minimum atomic E-state index is -3.23. The van der Waals surface area contributed by atoms with E-state index in [1.807, 2.05) is 0 Å². The molecule has 0 bridgehead atoms. The molecule has 0 fully saturated rings. The van der Waals surface area contributed by atoms with Gasteiger partial charge in [-0.05, 0) is 19.9 Å². The average Bonchev–Trinajstić information content (AvgIpc) is 2.15. The molecule has 5 nitrogen and oxygen atoms in total. The van der Waals surface area contributed by atoms with Crippen LogP contribution in [0.3, 0.4) is 0 Å².